The van der Waals surface area contributed by atoms with Crippen LogP contribution in [0.3, 0.4) is 0 Å². The lowest BCUT2D eigenvalue weighted by molar-refractivity contribution is -0.138. The molecule has 2 aromatic rings. The third-order valence-electron chi connectivity index (χ3n) is 6.27. The topological polar surface area (TPSA) is 59.0 Å². The molecule has 0 atom stereocenters. The van der Waals surface area contributed by atoms with Crippen molar-refractivity contribution in [1.29, 1.82) is 0 Å². The van der Waals surface area contributed by atoms with Gasteiger partial charge in [-0.3, -0.25) is 4.90 Å². The van der Waals surface area contributed by atoms with Gasteiger partial charge < -0.3 is 14.6 Å². The molecular weight excluding hydrogens is 526 g/mol. The van der Waals surface area contributed by atoms with Gasteiger partial charge in [0.05, 0.1) is 11.1 Å². The molecule has 0 aromatic heterocycles. The van der Waals surface area contributed by atoms with Crippen LogP contribution in [0.2, 0.25) is 0 Å². The van der Waals surface area contributed by atoms with Crippen molar-refractivity contribution in [2.75, 3.05) is 26.2 Å². The Balaban J connectivity index is 0.00000400. The number of fused-ring (bicyclic) bond motifs is 1. The molecule has 2 aliphatic heterocycles. The molecular formula is C28H30ClF4NO4. The quantitative estimate of drug-likeness (QED) is 0.375. The highest BCUT2D eigenvalue weighted by Crippen LogP contribution is 2.36. The fraction of sp³-hybridized carbons (Fsp3) is 0.393. The summed E-state index contributed by atoms with van der Waals surface area (Å²) in [4.78, 5) is 13.2. The van der Waals surface area contributed by atoms with Crippen LogP contribution in [0.4, 0.5) is 17.6 Å². The first-order chi connectivity index (χ1) is 17.5. The zero-order chi connectivity index (χ0) is 26.7. The second-order valence-electron chi connectivity index (χ2n) is 9.82. The number of hydrogen-bond acceptors (Lipinski definition) is 4. The molecule has 2 aromatic carbocycles. The van der Waals surface area contributed by atoms with E-state index in [0.29, 0.717) is 43.6 Å². The highest BCUT2D eigenvalue weighted by molar-refractivity contribution is 5.87. The van der Waals surface area contributed by atoms with Crippen LogP contribution in [0.5, 0.6) is 11.5 Å². The van der Waals surface area contributed by atoms with Crippen LogP contribution < -0.4 is 9.47 Å². The van der Waals surface area contributed by atoms with E-state index in [1.807, 2.05) is 18.7 Å². The molecule has 2 aliphatic rings. The van der Waals surface area contributed by atoms with Crippen LogP contribution in [0, 0.1) is 11.7 Å². The lowest BCUT2D eigenvalue weighted by atomic mass is 9.96. The molecule has 38 heavy (non-hydrogen) atoms. The second-order valence-corrected chi connectivity index (χ2v) is 9.82. The Kier molecular flexibility index (Phi) is 9.49. The number of aliphatic carboxylic acids is 1. The summed E-state index contributed by atoms with van der Waals surface area (Å²) >= 11 is 0. The Morgan fingerprint density at radius 1 is 1.21 bits per heavy atom. The van der Waals surface area contributed by atoms with Crippen molar-refractivity contribution in [3.8, 4) is 11.5 Å². The van der Waals surface area contributed by atoms with Gasteiger partial charge in [-0.2, -0.15) is 13.2 Å². The molecule has 1 N–H and O–H groups in total. The average molecular weight is 556 g/mol. The minimum atomic E-state index is -4.48. The number of rotatable bonds is 8. The smallest absolute Gasteiger partial charge is 0.416 e. The van der Waals surface area contributed by atoms with Gasteiger partial charge in [-0.25, -0.2) is 9.18 Å². The van der Waals surface area contributed by atoms with Crippen LogP contribution in [0.1, 0.15) is 42.5 Å². The van der Waals surface area contributed by atoms with Gasteiger partial charge in [0, 0.05) is 37.3 Å². The Bertz CT molecular complexity index is 1240. The zero-order valence-corrected chi connectivity index (χ0v) is 21.9. The number of halogens is 5. The Morgan fingerprint density at radius 3 is 2.66 bits per heavy atom. The zero-order valence-electron chi connectivity index (χ0n) is 21.1. The summed E-state index contributed by atoms with van der Waals surface area (Å²) in [5.74, 6) is -0.997. The minimum absolute atomic E-state index is 0. The van der Waals surface area contributed by atoms with E-state index in [-0.39, 0.29) is 54.2 Å². The van der Waals surface area contributed by atoms with Crippen molar-refractivity contribution < 1.29 is 36.9 Å². The predicted molar refractivity (Wildman–Crippen MR) is 138 cm³/mol. The number of carbonyl (C=O) groups is 1. The lowest BCUT2D eigenvalue weighted by Gasteiger charge is -2.28. The minimum Gasteiger partial charge on any atom is -0.489 e. The lowest BCUT2D eigenvalue weighted by Crippen LogP contribution is -2.35. The third kappa shape index (κ3) is 7.29. The highest BCUT2D eigenvalue weighted by Gasteiger charge is 2.33. The van der Waals surface area contributed by atoms with Gasteiger partial charge in [-0.1, -0.05) is 32.1 Å². The summed E-state index contributed by atoms with van der Waals surface area (Å²) in [5.41, 5.74) is 1.30. The fourth-order valence-electron chi connectivity index (χ4n) is 4.56. The van der Waals surface area contributed by atoms with Gasteiger partial charge in [-0.15, -0.1) is 12.4 Å². The van der Waals surface area contributed by atoms with Crippen molar-refractivity contribution in [1.82, 2.24) is 4.90 Å². The normalized spacial score (nSPS) is 15.7. The van der Waals surface area contributed by atoms with Gasteiger partial charge in [0.25, 0.3) is 0 Å². The largest absolute Gasteiger partial charge is 0.489 e. The van der Waals surface area contributed by atoms with Gasteiger partial charge in [0.2, 0.25) is 0 Å². The van der Waals surface area contributed by atoms with Gasteiger partial charge in [0.15, 0.2) is 0 Å². The number of carboxylic acid groups (broad SMARTS) is 1. The molecule has 0 radical (unpaired) electrons. The maximum absolute atomic E-state index is 14.9. The fourth-order valence-corrected chi connectivity index (χ4v) is 4.56. The monoisotopic (exact) mass is 555 g/mol. The summed E-state index contributed by atoms with van der Waals surface area (Å²) in [6.45, 7) is 5.25. The van der Waals surface area contributed by atoms with Gasteiger partial charge in [-0.05, 0) is 47.6 Å². The summed E-state index contributed by atoms with van der Waals surface area (Å²) < 4.78 is 67.0. The molecule has 5 nitrogen and oxygen atoms in total. The van der Waals surface area contributed by atoms with Crippen LogP contribution in [-0.2, 0) is 24.0 Å². The second kappa shape index (κ2) is 12.2. The molecule has 0 fully saturated rings. The molecule has 0 amide bonds. The number of ether oxygens (including phenoxy) is 2. The maximum Gasteiger partial charge on any atom is 0.416 e. The first-order valence-corrected chi connectivity index (χ1v) is 12.1. The van der Waals surface area contributed by atoms with Crippen molar-refractivity contribution in [3.63, 3.8) is 0 Å². The van der Waals surface area contributed by atoms with Crippen molar-refractivity contribution in [2.45, 2.75) is 39.5 Å². The Hall–Kier alpha value is -3.04. The summed E-state index contributed by atoms with van der Waals surface area (Å²) in [5, 5.41) is 9.22. The number of nitrogens with zero attached hydrogens (tertiary/aromatic N) is 1. The summed E-state index contributed by atoms with van der Waals surface area (Å²) in [6, 6.07) is 6.87. The van der Waals surface area contributed by atoms with Gasteiger partial charge >= 0.3 is 12.1 Å². The standard InChI is InChI=1S/C28H29F4NO4.ClH/c1-17(2)8-20-6-5-18(10-24(20)28(30,31)32)15-36-22-11-25(29)23-9-19(16-37-26(23)12-22)13-33-7-3-4-21(14-33)27(34)35;/h4-6,9-12,17H,3,7-8,13-16H2,1-2H3,(H,34,35);1H. The number of benzene rings is 2. The molecule has 0 spiro atoms. The summed E-state index contributed by atoms with van der Waals surface area (Å²) in [7, 11) is 0. The molecule has 0 saturated carbocycles. The molecule has 4 rings (SSSR count). The van der Waals surface area contributed by atoms with Crippen molar-refractivity contribution in [3.05, 3.63) is 75.6 Å². The van der Waals surface area contributed by atoms with E-state index in [4.69, 9.17) is 9.47 Å². The van der Waals surface area contributed by atoms with E-state index in [0.717, 1.165) is 11.6 Å². The highest BCUT2D eigenvalue weighted by atomic mass is 35.5. The van der Waals surface area contributed by atoms with E-state index >= 15 is 0 Å². The summed E-state index contributed by atoms with van der Waals surface area (Å²) in [6.07, 6.45) is -0.124. The van der Waals surface area contributed by atoms with Crippen LogP contribution in [-0.4, -0.2) is 42.2 Å². The van der Waals surface area contributed by atoms with E-state index in [9.17, 15) is 27.5 Å². The van der Waals surface area contributed by atoms with E-state index < -0.39 is 23.5 Å². The first-order valence-electron chi connectivity index (χ1n) is 12.1. The van der Waals surface area contributed by atoms with Gasteiger partial charge in [0.1, 0.15) is 30.5 Å². The molecule has 2 heterocycles. The molecule has 0 bridgehead atoms. The number of carboxylic acids is 1. The first kappa shape index (κ1) is 29.5. The van der Waals surface area contributed by atoms with Crippen LogP contribution in [0.25, 0.3) is 6.08 Å². The third-order valence-corrected chi connectivity index (χ3v) is 6.27. The molecule has 10 heteroatoms. The van der Waals surface area contributed by atoms with E-state index in [1.54, 1.807) is 18.2 Å². The molecule has 0 aliphatic carbocycles. The molecule has 0 saturated heterocycles. The van der Waals surface area contributed by atoms with Crippen LogP contribution >= 0.6 is 12.4 Å². The Labute approximate surface area is 225 Å². The van der Waals surface area contributed by atoms with Crippen LogP contribution in [0.15, 0.2) is 47.6 Å². The Morgan fingerprint density at radius 2 is 1.97 bits per heavy atom. The van der Waals surface area contributed by atoms with Crippen molar-refractivity contribution in [2.24, 2.45) is 5.92 Å². The predicted octanol–water partition coefficient (Wildman–Crippen LogP) is 6.54. The SMILES string of the molecule is CC(C)Cc1ccc(COc2cc(F)c3c(c2)OCC(CN2CCC=C(C(=O)O)C2)=C3)cc1C(F)(F)F.Cl. The van der Waals surface area contributed by atoms with E-state index in [2.05, 4.69) is 0 Å². The maximum atomic E-state index is 14.9. The average Bonchev–Trinajstić information content (AvgIpc) is 2.83. The number of alkyl halides is 3. The number of hydrogen-bond donors (Lipinski definition) is 1. The molecule has 206 valence electrons. The van der Waals surface area contributed by atoms with Crippen molar-refractivity contribution >= 4 is 24.5 Å². The van der Waals surface area contributed by atoms with E-state index in [1.165, 1.54) is 18.2 Å². The molecule has 0 unspecified atom stereocenters.